The number of hydrogen-bond donors (Lipinski definition) is 1. The number of amides is 1. The summed E-state index contributed by atoms with van der Waals surface area (Å²) >= 11 is 0. The maximum Gasteiger partial charge on any atom is 0.488 e. The van der Waals surface area contributed by atoms with Gasteiger partial charge in [-0.15, -0.1) is 13.2 Å². The van der Waals surface area contributed by atoms with Crippen molar-refractivity contribution in [3.63, 3.8) is 0 Å². The average Bonchev–Trinajstić information content (AvgIpc) is 3.21. The second-order valence-corrected chi connectivity index (χ2v) is 6.53. The molecule has 0 bridgehead atoms. The number of anilines is 2. The predicted octanol–water partition coefficient (Wildman–Crippen LogP) is 3.02. The Kier molecular flexibility index (Phi) is 6.33. The van der Waals surface area contributed by atoms with Crippen LogP contribution in [0.4, 0.5) is 24.7 Å². The number of alkyl halides is 3. The van der Waals surface area contributed by atoms with E-state index in [4.69, 9.17) is 4.74 Å². The van der Waals surface area contributed by atoms with E-state index >= 15 is 0 Å². The fraction of sp³-hybridized carbons (Fsp3) is 0.250. The molecule has 0 fully saturated rings. The van der Waals surface area contributed by atoms with Crippen molar-refractivity contribution in [1.29, 1.82) is 0 Å². The van der Waals surface area contributed by atoms with Gasteiger partial charge in [-0.25, -0.2) is 9.88 Å². The highest BCUT2D eigenvalue weighted by atomic mass is 19.4. The van der Waals surface area contributed by atoms with E-state index in [-0.39, 0.29) is 22.7 Å². The van der Waals surface area contributed by atoms with Gasteiger partial charge in [-0.3, -0.25) is 9.59 Å². The second-order valence-electron chi connectivity index (χ2n) is 6.53. The number of aromatic nitrogens is 1. The van der Waals surface area contributed by atoms with Crippen molar-refractivity contribution < 1.29 is 32.2 Å². The molecule has 1 aromatic carbocycles. The number of esters is 1. The number of carbonyl (C=O) groups excluding carboxylic acids is 2. The number of carbonyl (C=O) groups is 2. The maximum absolute atomic E-state index is 13.7. The number of hydrogen-bond acceptors (Lipinski definition) is 7. The number of halogens is 3. The summed E-state index contributed by atoms with van der Waals surface area (Å²) in [7, 11) is 2.87. The van der Waals surface area contributed by atoms with Gasteiger partial charge >= 0.3 is 12.3 Å². The summed E-state index contributed by atoms with van der Waals surface area (Å²) in [5.74, 6) is -1.06. The van der Waals surface area contributed by atoms with Gasteiger partial charge < -0.3 is 19.7 Å². The third-order valence-electron chi connectivity index (χ3n) is 4.38. The van der Waals surface area contributed by atoms with E-state index in [1.54, 1.807) is 25.2 Å². The molecule has 11 heteroatoms. The lowest BCUT2D eigenvalue weighted by atomic mass is 10.2. The lowest BCUT2D eigenvalue weighted by Crippen LogP contribution is -2.41. The molecule has 1 aliphatic heterocycles. The molecule has 0 spiro atoms. The van der Waals surface area contributed by atoms with Crippen molar-refractivity contribution in [3.05, 3.63) is 66.2 Å². The Morgan fingerprint density at radius 2 is 1.94 bits per heavy atom. The van der Waals surface area contributed by atoms with Crippen molar-refractivity contribution in [2.24, 2.45) is 0 Å². The number of benzene rings is 1. The van der Waals surface area contributed by atoms with E-state index in [0.29, 0.717) is 5.82 Å². The molecular formula is C20H19F3N4O4. The maximum atomic E-state index is 13.7. The Labute approximate surface area is 175 Å². The van der Waals surface area contributed by atoms with Crippen molar-refractivity contribution in [2.75, 3.05) is 30.9 Å². The molecule has 8 nitrogen and oxygen atoms in total. The van der Waals surface area contributed by atoms with Crippen molar-refractivity contribution in [3.8, 4) is 0 Å². The summed E-state index contributed by atoms with van der Waals surface area (Å²) in [4.78, 5) is 29.5. The topological polar surface area (TPSA) is 84.0 Å². The molecule has 1 amide bonds. The number of nitrogens with zero attached hydrogens (tertiary/aromatic N) is 3. The van der Waals surface area contributed by atoms with Crippen LogP contribution in [0.25, 0.3) is 0 Å². The van der Waals surface area contributed by atoms with E-state index < -0.39 is 30.1 Å². The number of pyridine rings is 1. The highest BCUT2D eigenvalue weighted by Crippen LogP contribution is 2.41. The van der Waals surface area contributed by atoms with E-state index in [2.05, 4.69) is 15.0 Å². The zero-order valence-corrected chi connectivity index (χ0v) is 16.6. The smallest absolute Gasteiger partial charge is 0.471 e. The van der Waals surface area contributed by atoms with E-state index in [1.165, 1.54) is 42.5 Å². The van der Waals surface area contributed by atoms with Gasteiger partial charge in [0, 0.05) is 12.6 Å². The van der Waals surface area contributed by atoms with Crippen LogP contribution in [0.2, 0.25) is 0 Å². The van der Waals surface area contributed by atoms with Gasteiger partial charge in [0.2, 0.25) is 6.23 Å². The molecule has 164 valence electrons. The summed E-state index contributed by atoms with van der Waals surface area (Å²) in [5.41, 5.74) is -0.266. The van der Waals surface area contributed by atoms with Crippen LogP contribution in [-0.4, -0.2) is 48.8 Å². The molecule has 0 saturated carbocycles. The summed E-state index contributed by atoms with van der Waals surface area (Å²) in [6, 6.07) is 10.7. The van der Waals surface area contributed by atoms with E-state index in [9.17, 15) is 22.8 Å². The Morgan fingerprint density at radius 3 is 2.52 bits per heavy atom. The number of likely N-dealkylation sites (N-methyl/N-ethyl adjacent to an activating group) is 1. The van der Waals surface area contributed by atoms with Crippen LogP contribution in [0.3, 0.4) is 0 Å². The third-order valence-corrected chi connectivity index (χ3v) is 4.38. The van der Waals surface area contributed by atoms with Crippen LogP contribution < -0.4 is 10.2 Å². The number of methoxy groups -OCH3 is 1. The summed E-state index contributed by atoms with van der Waals surface area (Å²) in [6.45, 7) is -0.0408. The SMILES string of the molecule is COC(=O)CN(C)c1ccc(NC(=O)C2=COC(c3ccccc3)N2C(F)(F)F)cn1. The van der Waals surface area contributed by atoms with Crippen LogP contribution in [0.5, 0.6) is 0 Å². The van der Waals surface area contributed by atoms with Gasteiger partial charge in [-0.05, 0) is 12.1 Å². The number of rotatable bonds is 6. The first-order valence-corrected chi connectivity index (χ1v) is 9.02. The molecule has 2 aromatic rings. The molecule has 0 saturated heterocycles. The lowest BCUT2D eigenvalue weighted by Gasteiger charge is -2.29. The van der Waals surface area contributed by atoms with Crippen LogP contribution in [-0.2, 0) is 19.1 Å². The van der Waals surface area contributed by atoms with Crippen LogP contribution in [0.15, 0.2) is 60.6 Å². The minimum atomic E-state index is -4.85. The molecule has 0 radical (unpaired) electrons. The fourth-order valence-electron chi connectivity index (χ4n) is 2.87. The van der Waals surface area contributed by atoms with Crippen molar-refractivity contribution >= 4 is 23.4 Å². The minimum Gasteiger partial charge on any atom is -0.471 e. The van der Waals surface area contributed by atoms with Gasteiger partial charge in [-0.1, -0.05) is 30.3 Å². The largest absolute Gasteiger partial charge is 0.488 e. The molecule has 1 N–H and O–H groups in total. The van der Waals surface area contributed by atoms with Gasteiger partial charge in [0.15, 0.2) is 0 Å². The molecule has 1 atom stereocenters. The minimum absolute atomic E-state index is 0.0381. The predicted molar refractivity (Wildman–Crippen MR) is 104 cm³/mol. The summed E-state index contributed by atoms with van der Waals surface area (Å²) in [6.07, 6.45) is -4.30. The molecule has 1 aliphatic rings. The fourth-order valence-corrected chi connectivity index (χ4v) is 2.87. The summed E-state index contributed by atoms with van der Waals surface area (Å²) < 4.78 is 50.8. The third kappa shape index (κ3) is 5.05. The highest BCUT2D eigenvalue weighted by Gasteiger charge is 2.49. The zero-order chi connectivity index (χ0) is 22.6. The Balaban J connectivity index is 1.73. The van der Waals surface area contributed by atoms with Gasteiger partial charge in [-0.2, -0.15) is 0 Å². The first-order valence-electron chi connectivity index (χ1n) is 9.02. The van der Waals surface area contributed by atoms with Gasteiger partial charge in [0.1, 0.15) is 24.3 Å². The molecule has 0 aliphatic carbocycles. The van der Waals surface area contributed by atoms with Gasteiger partial charge in [0.05, 0.1) is 19.0 Å². The van der Waals surface area contributed by atoms with Crippen LogP contribution in [0, 0.1) is 0 Å². The Hall–Kier alpha value is -3.76. The molecule has 3 rings (SSSR count). The molecule has 2 heterocycles. The van der Waals surface area contributed by atoms with Crippen LogP contribution in [0.1, 0.15) is 11.8 Å². The lowest BCUT2D eigenvalue weighted by molar-refractivity contribution is -0.261. The van der Waals surface area contributed by atoms with Gasteiger partial charge in [0.25, 0.3) is 5.91 Å². The average molecular weight is 436 g/mol. The number of nitrogens with one attached hydrogen (secondary N) is 1. The van der Waals surface area contributed by atoms with E-state index in [0.717, 1.165) is 6.26 Å². The molecule has 1 unspecified atom stereocenters. The highest BCUT2D eigenvalue weighted by molar-refractivity contribution is 6.03. The normalized spacial score (nSPS) is 15.7. The Morgan fingerprint density at radius 1 is 1.23 bits per heavy atom. The van der Waals surface area contributed by atoms with Crippen LogP contribution >= 0.6 is 0 Å². The molecule has 1 aromatic heterocycles. The van der Waals surface area contributed by atoms with Crippen molar-refractivity contribution in [2.45, 2.75) is 12.5 Å². The quantitative estimate of drug-likeness (QED) is 0.551. The molecule has 31 heavy (non-hydrogen) atoms. The monoisotopic (exact) mass is 436 g/mol. The standard InChI is InChI=1S/C20H19F3N4O4/c1-26(11-17(28)30-2)16-9-8-14(10-24-16)25-18(29)15-12-31-19(27(15)20(21,22)23)13-6-4-3-5-7-13/h3-10,12,19H,11H2,1-2H3,(H,25,29). The second kappa shape index (κ2) is 8.94. The summed E-state index contributed by atoms with van der Waals surface area (Å²) in [5, 5.41) is 2.37. The zero-order valence-electron chi connectivity index (χ0n) is 16.6. The first-order chi connectivity index (χ1) is 14.7. The number of ether oxygens (including phenoxy) is 2. The van der Waals surface area contributed by atoms with E-state index in [1.807, 2.05) is 0 Å². The first kappa shape index (κ1) is 21.9. The van der Waals surface area contributed by atoms with Crippen molar-refractivity contribution in [1.82, 2.24) is 9.88 Å². The molecular weight excluding hydrogens is 417 g/mol. The Bertz CT molecular complexity index is 965.